The largest absolute Gasteiger partial charge is 0.369 e. The molecule has 90 valence electrons. The standard InChI is InChI=1S/C10H11N3O4/c1-6-7(3-2-4-8(11)14)5-12-10(15)9(6)13(16)17/h2-3,5H,4H2,1H3,(H2,11,14)(H,12,15). The van der Waals surface area contributed by atoms with E-state index in [1.807, 2.05) is 0 Å². The van der Waals surface area contributed by atoms with Crippen LogP contribution in [0.5, 0.6) is 0 Å². The van der Waals surface area contributed by atoms with Crippen LogP contribution in [0.3, 0.4) is 0 Å². The van der Waals surface area contributed by atoms with Crippen molar-refractivity contribution >= 4 is 17.7 Å². The zero-order valence-electron chi connectivity index (χ0n) is 9.10. The van der Waals surface area contributed by atoms with Crippen LogP contribution in [0.15, 0.2) is 17.1 Å². The number of aromatic nitrogens is 1. The third-order valence-electron chi connectivity index (χ3n) is 2.16. The van der Waals surface area contributed by atoms with Crippen LogP contribution < -0.4 is 11.3 Å². The molecule has 0 atom stereocenters. The molecule has 1 aromatic rings. The first kappa shape index (κ1) is 12.6. The predicted molar refractivity (Wildman–Crippen MR) is 61.3 cm³/mol. The van der Waals surface area contributed by atoms with E-state index in [4.69, 9.17) is 5.73 Å². The number of primary amides is 1. The van der Waals surface area contributed by atoms with Gasteiger partial charge in [0.2, 0.25) is 5.91 Å². The number of nitrogens with zero attached hydrogens (tertiary/aromatic N) is 1. The van der Waals surface area contributed by atoms with Gasteiger partial charge in [0, 0.05) is 23.7 Å². The molecule has 1 rings (SSSR count). The number of carbonyl (C=O) groups is 1. The minimum Gasteiger partial charge on any atom is -0.369 e. The highest BCUT2D eigenvalue weighted by Gasteiger charge is 2.17. The Labute approximate surface area is 96.1 Å². The molecule has 3 N–H and O–H groups in total. The van der Waals surface area contributed by atoms with E-state index in [9.17, 15) is 19.7 Å². The van der Waals surface area contributed by atoms with Crippen molar-refractivity contribution in [2.45, 2.75) is 13.3 Å². The molecule has 0 saturated heterocycles. The van der Waals surface area contributed by atoms with Crippen LogP contribution in [0, 0.1) is 17.0 Å². The summed E-state index contributed by atoms with van der Waals surface area (Å²) in [4.78, 5) is 33.9. The van der Waals surface area contributed by atoms with E-state index in [1.165, 1.54) is 25.3 Å². The fraction of sp³-hybridized carbons (Fsp3) is 0.200. The Morgan fingerprint density at radius 2 is 2.29 bits per heavy atom. The number of H-pyrrole nitrogens is 1. The number of carbonyl (C=O) groups excluding carboxylic acids is 1. The molecule has 0 saturated carbocycles. The maximum absolute atomic E-state index is 11.2. The van der Waals surface area contributed by atoms with E-state index < -0.39 is 22.1 Å². The molecule has 1 heterocycles. The average molecular weight is 237 g/mol. The zero-order valence-corrected chi connectivity index (χ0v) is 9.10. The van der Waals surface area contributed by atoms with Crippen molar-refractivity contribution in [3.63, 3.8) is 0 Å². The lowest BCUT2D eigenvalue weighted by Gasteiger charge is -2.00. The second kappa shape index (κ2) is 5.06. The van der Waals surface area contributed by atoms with Gasteiger partial charge in [0.1, 0.15) is 0 Å². The summed E-state index contributed by atoms with van der Waals surface area (Å²) in [7, 11) is 0. The summed E-state index contributed by atoms with van der Waals surface area (Å²) in [6, 6.07) is 0. The summed E-state index contributed by atoms with van der Waals surface area (Å²) in [5, 5.41) is 10.7. The molecule has 0 radical (unpaired) electrons. The number of aromatic amines is 1. The summed E-state index contributed by atoms with van der Waals surface area (Å²) < 4.78 is 0. The third-order valence-corrected chi connectivity index (χ3v) is 2.16. The van der Waals surface area contributed by atoms with Crippen molar-refractivity contribution in [3.8, 4) is 0 Å². The monoisotopic (exact) mass is 237 g/mol. The van der Waals surface area contributed by atoms with Gasteiger partial charge in [-0.15, -0.1) is 0 Å². The Morgan fingerprint density at radius 1 is 1.65 bits per heavy atom. The number of hydrogen-bond acceptors (Lipinski definition) is 4. The molecule has 0 unspecified atom stereocenters. The van der Waals surface area contributed by atoms with E-state index in [0.717, 1.165) is 0 Å². The van der Waals surface area contributed by atoms with Crippen molar-refractivity contribution in [1.82, 2.24) is 4.98 Å². The maximum Gasteiger partial charge on any atom is 0.337 e. The Kier molecular flexibility index (Phi) is 3.76. The van der Waals surface area contributed by atoms with Gasteiger partial charge in [0.25, 0.3) is 0 Å². The minimum atomic E-state index is -0.750. The second-order valence-corrected chi connectivity index (χ2v) is 3.38. The molecule has 0 bridgehead atoms. The highest BCUT2D eigenvalue weighted by molar-refractivity contribution is 5.76. The molecule has 0 aromatic carbocycles. The number of rotatable bonds is 4. The molecular formula is C10H11N3O4. The lowest BCUT2D eigenvalue weighted by atomic mass is 10.1. The van der Waals surface area contributed by atoms with Crippen LogP contribution in [0.25, 0.3) is 6.08 Å². The molecule has 1 amide bonds. The van der Waals surface area contributed by atoms with Gasteiger partial charge in [-0.25, -0.2) is 0 Å². The molecule has 1 aromatic heterocycles. The average Bonchev–Trinajstić information content (AvgIpc) is 2.20. The lowest BCUT2D eigenvalue weighted by molar-refractivity contribution is -0.386. The minimum absolute atomic E-state index is 0.0341. The predicted octanol–water partition coefficient (Wildman–Crippen LogP) is 0.480. The number of pyridine rings is 1. The first-order chi connectivity index (χ1) is 7.93. The normalized spacial score (nSPS) is 10.6. The highest BCUT2D eigenvalue weighted by Crippen LogP contribution is 2.16. The van der Waals surface area contributed by atoms with Crippen LogP contribution in [-0.4, -0.2) is 15.8 Å². The first-order valence-electron chi connectivity index (χ1n) is 4.75. The van der Waals surface area contributed by atoms with Crippen LogP contribution in [-0.2, 0) is 4.79 Å². The quantitative estimate of drug-likeness (QED) is 0.584. The number of nitro groups is 1. The lowest BCUT2D eigenvalue weighted by Crippen LogP contribution is -2.13. The number of nitrogens with one attached hydrogen (secondary N) is 1. The van der Waals surface area contributed by atoms with Crippen molar-refractivity contribution in [3.05, 3.63) is 43.9 Å². The summed E-state index contributed by atoms with van der Waals surface area (Å²) in [6.45, 7) is 1.47. The smallest absolute Gasteiger partial charge is 0.337 e. The topological polar surface area (TPSA) is 119 Å². The van der Waals surface area contributed by atoms with E-state index in [2.05, 4.69) is 4.98 Å². The van der Waals surface area contributed by atoms with E-state index in [-0.39, 0.29) is 12.0 Å². The van der Waals surface area contributed by atoms with Gasteiger partial charge in [-0.05, 0) is 6.92 Å². The molecule has 0 aliphatic rings. The fourth-order valence-corrected chi connectivity index (χ4v) is 1.32. The SMILES string of the molecule is Cc1c(C=CCC(N)=O)c[nH]c(=O)c1[N+](=O)[O-]. The number of amides is 1. The van der Waals surface area contributed by atoms with Gasteiger partial charge in [-0.3, -0.25) is 19.7 Å². The zero-order chi connectivity index (χ0) is 13.0. The Morgan fingerprint density at radius 3 is 2.82 bits per heavy atom. The molecule has 17 heavy (non-hydrogen) atoms. The highest BCUT2D eigenvalue weighted by atomic mass is 16.6. The Balaban J connectivity index is 3.15. The summed E-state index contributed by atoms with van der Waals surface area (Å²) >= 11 is 0. The summed E-state index contributed by atoms with van der Waals surface area (Å²) in [5.74, 6) is -0.502. The van der Waals surface area contributed by atoms with Crippen molar-refractivity contribution in [2.24, 2.45) is 5.73 Å². The van der Waals surface area contributed by atoms with Crippen molar-refractivity contribution < 1.29 is 9.72 Å². The van der Waals surface area contributed by atoms with Crippen LogP contribution in [0.2, 0.25) is 0 Å². The van der Waals surface area contributed by atoms with Gasteiger partial charge in [0.15, 0.2) is 0 Å². The van der Waals surface area contributed by atoms with Crippen LogP contribution in [0.4, 0.5) is 5.69 Å². The third kappa shape index (κ3) is 3.00. The maximum atomic E-state index is 11.2. The second-order valence-electron chi connectivity index (χ2n) is 3.38. The van der Waals surface area contributed by atoms with E-state index in [1.54, 1.807) is 0 Å². The fourth-order valence-electron chi connectivity index (χ4n) is 1.32. The molecule has 0 aliphatic heterocycles. The van der Waals surface area contributed by atoms with Crippen molar-refractivity contribution in [2.75, 3.05) is 0 Å². The number of nitrogens with two attached hydrogens (primary N) is 1. The number of hydrogen-bond donors (Lipinski definition) is 2. The van der Waals surface area contributed by atoms with E-state index in [0.29, 0.717) is 5.56 Å². The van der Waals surface area contributed by atoms with Gasteiger partial charge >= 0.3 is 11.2 Å². The summed E-state index contributed by atoms with van der Waals surface area (Å²) in [5.41, 5.74) is 4.42. The van der Waals surface area contributed by atoms with Gasteiger partial charge in [-0.1, -0.05) is 12.2 Å². The van der Waals surface area contributed by atoms with Gasteiger partial charge in [0.05, 0.1) is 4.92 Å². The van der Waals surface area contributed by atoms with Gasteiger partial charge in [-0.2, -0.15) is 0 Å². The molecular weight excluding hydrogens is 226 g/mol. The first-order valence-corrected chi connectivity index (χ1v) is 4.75. The van der Waals surface area contributed by atoms with Crippen LogP contribution in [0.1, 0.15) is 17.5 Å². The Hall–Kier alpha value is -2.44. The molecule has 0 aliphatic carbocycles. The van der Waals surface area contributed by atoms with E-state index >= 15 is 0 Å². The molecule has 0 spiro atoms. The van der Waals surface area contributed by atoms with Crippen LogP contribution >= 0.6 is 0 Å². The van der Waals surface area contributed by atoms with Gasteiger partial charge < -0.3 is 10.7 Å². The van der Waals surface area contributed by atoms with Crippen molar-refractivity contribution in [1.29, 1.82) is 0 Å². The Bertz CT molecular complexity index is 545. The molecule has 0 fully saturated rings. The summed E-state index contributed by atoms with van der Waals surface area (Å²) in [6.07, 6.45) is 4.37. The molecule has 7 heteroatoms. The molecule has 7 nitrogen and oxygen atoms in total.